The number of ether oxygens (including phenoxy) is 2. The number of hydrogen-bond acceptors (Lipinski definition) is 9. The number of carbonyl (C=O) groups is 1. The number of aliphatic hydroxyl groups is 6. The van der Waals surface area contributed by atoms with E-state index >= 15 is 0 Å². The number of amides is 1. The van der Waals surface area contributed by atoms with Gasteiger partial charge in [-0.2, -0.15) is 0 Å². The van der Waals surface area contributed by atoms with Gasteiger partial charge in [-0.05, 0) is 13.3 Å². The Hall–Kier alpha value is -0.850. The Morgan fingerprint density at radius 2 is 1.84 bits per heavy atom. The molecule has 0 spiro atoms. The van der Waals surface area contributed by atoms with Crippen LogP contribution < -0.4 is 5.32 Å². The van der Waals surface area contributed by atoms with Crippen LogP contribution in [0.5, 0.6) is 0 Å². The maximum Gasteiger partial charge on any atom is 0.222 e. The second kappa shape index (κ2) is 10.3. The first-order valence-corrected chi connectivity index (χ1v) is 8.28. The first-order valence-electron chi connectivity index (χ1n) is 8.28. The van der Waals surface area contributed by atoms with Crippen LogP contribution in [0.1, 0.15) is 26.7 Å². The highest BCUT2D eigenvalue weighted by Gasteiger charge is 2.44. The summed E-state index contributed by atoms with van der Waals surface area (Å²) in [5, 5.41) is 60.2. The lowest BCUT2D eigenvalue weighted by Crippen LogP contribution is -2.60. The molecular formula is C15H29NO9. The summed E-state index contributed by atoms with van der Waals surface area (Å²) in [6, 6.07) is -0.830. The molecule has 0 radical (unpaired) electrons. The van der Waals surface area contributed by atoms with E-state index in [1.807, 2.05) is 0 Å². The molecule has 1 aliphatic rings. The van der Waals surface area contributed by atoms with E-state index < -0.39 is 61.5 Å². The fourth-order valence-corrected chi connectivity index (χ4v) is 2.47. The second-order valence-electron chi connectivity index (χ2n) is 6.23. The molecule has 1 amide bonds. The van der Waals surface area contributed by atoms with Crippen LogP contribution in [0.4, 0.5) is 0 Å². The highest BCUT2D eigenvalue weighted by atomic mass is 16.7. The number of carbonyl (C=O) groups excluding carboxylic acids is 1. The van der Waals surface area contributed by atoms with Gasteiger partial charge in [-0.25, -0.2) is 0 Å². The maximum absolute atomic E-state index is 11.8. The highest BCUT2D eigenvalue weighted by Crippen LogP contribution is 2.22. The highest BCUT2D eigenvalue weighted by molar-refractivity contribution is 5.76. The molecule has 148 valence electrons. The molecule has 7 N–H and O–H groups in total. The van der Waals surface area contributed by atoms with Gasteiger partial charge in [-0.3, -0.25) is 4.79 Å². The molecule has 1 fully saturated rings. The van der Waals surface area contributed by atoms with Crippen LogP contribution in [0, 0.1) is 0 Å². The van der Waals surface area contributed by atoms with Crippen molar-refractivity contribution in [1.82, 2.24) is 5.32 Å². The minimum Gasteiger partial charge on any atom is -0.394 e. The van der Waals surface area contributed by atoms with Gasteiger partial charge >= 0.3 is 0 Å². The van der Waals surface area contributed by atoms with Crippen molar-refractivity contribution in [2.45, 2.75) is 75.6 Å². The predicted molar refractivity (Wildman–Crippen MR) is 84.2 cm³/mol. The second-order valence-corrected chi connectivity index (χ2v) is 6.23. The molecule has 0 saturated carbocycles. The molecule has 10 nitrogen and oxygen atoms in total. The van der Waals surface area contributed by atoms with Gasteiger partial charge in [-0.15, -0.1) is 0 Å². The molecule has 25 heavy (non-hydrogen) atoms. The first kappa shape index (κ1) is 22.2. The molecule has 0 aliphatic carbocycles. The normalized spacial score (nSPS) is 33.5. The molecule has 1 heterocycles. The van der Waals surface area contributed by atoms with Gasteiger partial charge in [-0.1, -0.05) is 6.92 Å². The van der Waals surface area contributed by atoms with Crippen molar-refractivity contribution in [3.63, 3.8) is 0 Å². The molecule has 8 unspecified atom stereocenters. The number of hydrogen-bond donors (Lipinski definition) is 7. The van der Waals surface area contributed by atoms with E-state index in [1.54, 1.807) is 6.92 Å². The summed E-state index contributed by atoms with van der Waals surface area (Å²) in [5.41, 5.74) is 0. The Bertz CT molecular complexity index is 406. The van der Waals surface area contributed by atoms with Crippen molar-refractivity contribution in [3.05, 3.63) is 0 Å². The van der Waals surface area contributed by atoms with E-state index in [0.717, 1.165) is 0 Å². The van der Waals surface area contributed by atoms with Gasteiger partial charge in [0.05, 0.1) is 37.9 Å². The maximum atomic E-state index is 11.8. The molecule has 0 aromatic rings. The van der Waals surface area contributed by atoms with Crippen molar-refractivity contribution in [2.75, 3.05) is 13.2 Å². The zero-order valence-corrected chi connectivity index (χ0v) is 14.4. The molecule has 8 atom stereocenters. The van der Waals surface area contributed by atoms with Gasteiger partial charge in [0.1, 0.15) is 24.4 Å². The van der Waals surface area contributed by atoms with E-state index in [2.05, 4.69) is 5.32 Å². The van der Waals surface area contributed by atoms with Gasteiger partial charge in [0.15, 0.2) is 6.29 Å². The summed E-state index contributed by atoms with van der Waals surface area (Å²) in [6.07, 6.45) is -8.71. The van der Waals surface area contributed by atoms with E-state index in [4.69, 9.17) is 14.6 Å². The quantitative estimate of drug-likeness (QED) is 0.222. The fourth-order valence-electron chi connectivity index (χ4n) is 2.47. The minimum absolute atomic E-state index is 0.146. The van der Waals surface area contributed by atoms with E-state index in [9.17, 15) is 30.3 Å². The van der Waals surface area contributed by atoms with Crippen LogP contribution in [-0.2, 0) is 14.3 Å². The lowest BCUT2D eigenvalue weighted by molar-refractivity contribution is -0.302. The van der Waals surface area contributed by atoms with Crippen molar-refractivity contribution in [1.29, 1.82) is 0 Å². The molecule has 0 bridgehead atoms. The summed E-state index contributed by atoms with van der Waals surface area (Å²) in [6.45, 7) is 2.32. The van der Waals surface area contributed by atoms with Crippen molar-refractivity contribution >= 4 is 5.91 Å². The van der Waals surface area contributed by atoms with Crippen LogP contribution in [0.15, 0.2) is 0 Å². The fraction of sp³-hybridized carbons (Fsp3) is 0.933. The Morgan fingerprint density at radius 1 is 1.20 bits per heavy atom. The monoisotopic (exact) mass is 367 g/mol. The largest absolute Gasteiger partial charge is 0.394 e. The van der Waals surface area contributed by atoms with Crippen LogP contribution >= 0.6 is 0 Å². The number of rotatable bonds is 9. The average Bonchev–Trinajstić information content (AvgIpc) is 2.56. The van der Waals surface area contributed by atoms with Crippen LogP contribution in [-0.4, -0.2) is 98.7 Å². The van der Waals surface area contributed by atoms with Crippen LogP contribution in [0.2, 0.25) is 0 Å². The molecular weight excluding hydrogens is 338 g/mol. The minimum atomic E-state index is -1.57. The molecule has 10 heteroatoms. The number of nitrogens with one attached hydrogen (secondary N) is 1. The van der Waals surface area contributed by atoms with Gasteiger partial charge in [0.25, 0.3) is 0 Å². The van der Waals surface area contributed by atoms with Gasteiger partial charge < -0.3 is 45.4 Å². The summed E-state index contributed by atoms with van der Waals surface area (Å²) in [4.78, 5) is 11.8. The molecule has 1 saturated heterocycles. The van der Waals surface area contributed by atoms with Gasteiger partial charge in [0, 0.05) is 0 Å². The van der Waals surface area contributed by atoms with Crippen LogP contribution in [0.25, 0.3) is 0 Å². The van der Waals surface area contributed by atoms with Crippen molar-refractivity contribution in [2.24, 2.45) is 0 Å². The number of aliphatic hydroxyl groups excluding tert-OH is 6. The third kappa shape index (κ3) is 6.42. The molecule has 1 rings (SSSR count). The Labute approximate surface area is 146 Å². The van der Waals surface area contributed by atoms with Crippen molar-refractivity contribution in [3.8, 4) is 0 Å². The first-order chi connectivity index (χ1) is 11.7. The summed E-state index contributed by atoms with van der Waals surface area (Å²) in [7, 11) is 0. The summed E-state index contributed by atoms with van der Waals surface area (Å²) >= 11 is 0. The zero-order chi connectivity index (χ0) is 19.1. The lowest BCUT2D eigenvalue weighted by atomic mass is 9.99. The molecule has 0 aromatic carbocycles. The SMILES string of the molecule is CCC(O)C(COC1OC(CO)C(O)C(O)C1O)NC(=O)CC(C)O. The third-order valence-corrected chi connectivity index (χ3v) is 4.00. The third-order valence-electron chi connectivity index (χ3n) is 4.00. The molecule has 1 aliphatic heterocycles. The summed E-state index contributed by atoms with van der Waals surface area (Å²) in [5.74, 6) is -0.482. The Morgan fingerprint density at radius 3 is 2.36 bits per heavy atom. The summed E-state index contributed by atoms with van der Waals surface area (Å²) < 4.78 is 10.5. The Kier molecular flexibility index (Phi) is 9.17. The van der Waals surface area contributed by atoms with E-state index in [1.165, 1.54) is 6.92 Å². The van der Waals surface area contributed by atoms with Crippen LogP contribution in [0.3, 0.4) is 0 Å². The lowest BCUT2D eigenvalue weighted by Gasteiger charge is -2.40. The topological polar surface area (TPSA) is 169 Å². The average molecular weight is 367 g/mol. The van der Waals surface area contributed by atoms with E-state index in [0.29, 0.717) is 6.42 Å². The predicted octanol–water partition coefficient (Wildman–Crippen LogP) is -3.17. The van der Waals surface area contributed by atoms with Crippen molar-refractivity contribution < 1.29 is 44.9 Å². The Balaban J connectivity index is 2.66. The zero-order valence-electron chi connectivity index (χ0n) is 14.4. The molecule has 0 aromatic heterocycles. The van der Waals surface area contributed by atoms with Gasteiger partial charge in [0.2, 0.25) is 5.91 Å². The smallest absolute Gasteiger partial charge is 0.222 e. The van der Waals surface area contributed by atoms with E-state index in [-0.39, 0.29) is 13.0 Å². The standard InChI is InChI=1S/C15H29NO9/c1-3-9(19)8(16-11(20)4-7(2)18)6-24-15-14(23)13(22)12(21)10(5-17)25-15/h7-10,12-15,17-19,21-23H,3-6H2,1-2H3,(H,16,20).